The lowest BCUT2D eigenvalue weighted by Gasteiger charge is -2.11. The maximum atomic E-state index is 11.3. The highest BCUT2D eigenvalue weighted by Crippen LogP contribution is 2.03. The van der Waals surface area contributed by atoms with Crippen molar-refractivity contribution in [3.8, 4) is 0 Å². The predicted molar refractivity (Wildman–Crippen MR) is 63.8 cm³/mol. The van der Waals surface area contributed by atoms with Gasteiger partial charge in [-0.25, -0.2) is 9.59 Å². The monoisotopic (exact) mass is 252 g/mol. The average Bonchev–Trinajstić information content (AvgIpc) is 2.38. The van der Waals surface area contributed by atoms with Crippen LogP contribution in [0.2, 0.25) is 0 Å². The number of carbonyl (C=O) groups is 2. The molecule has 0 fully saturated rings. The van der Waals surface area contributed by atoms with E-state index in [0.717, 1.165) is 5.56 Å². The molecule has 0 heterocycles. The summed E-state index contributed by atoms with van der Waals surface area (Å²) in [5, 5.41) is 0. The maximum absolute atomic E-state index is 11.3. The lowest BCUT2D eigenvalue weighted by molar-refractivity contribution is -0.153. The van der Waals surface area contributed by atoms with Crippen LogP contribution < -0.4 is 0 Å². The first-order valence-corrected chi connectivity index (χ1v) is 5.67. The molecule has 18 heavy (non-hydrogen) atoms. The van der Waals surface area contributed by atoms with Gasteiger partial charge >= 0.3 is 12.1 Å². The third-order valence-corrected chi connectivity index (χ3v) is 2.09. The van der Waals surface area contributed by atoms with Crippen molar-refractivity contribution in [2.45, 2.75) is 26.6 Å². The van der Waals surface area contributed by atoms with Crippen LogP contribution in [0, 0.1) is 0 Å². The molecule has 0 aliphatic heterocycles. The van der Waals surface area contributed by atoms with Crippen LogP contribution in [0.3, 0.4) is 0 Å². The minimum atomic E-state index is -0.965. The SMILES string of the molecule is CCOC(=O)C(C)OC(=O)OCc1ccccc1. The Hall–Kier alpha value is -2.04. The normalized spacial score (nSPS) is 11.4. The second-order valence-corrected chi connectivity index (χ2v) is 3.54. The van der Waals surface area contributed by atoms with Gasteiger partial charge < -0.3 is 14.2 Å². The Labute approximate surface area is 106 Å². The summed E-state index contributed by atoms with van der Waals surface area (Å²) in [6.45, 7) is 3.46. The molecule has 98 valence electrons. The Balaban J connectivity index is 2.31. The van der Waals surface area contributed by atoms with Gasteiger partial charge in [0.05, 0.1) is 6.61 Å². The molecule has 0 bridgehead atoms. The van der Waals surface area contributed by atoms with E-state index in [4.69, 9.17) is 14.2 Å². The second kappa shape index (κ2) is 7.32. The van der Waals surface area contributed by atoms with Gasteiger partial charge in [-0.3, -0.25) is 0 Å². The number of ether oxygens (including phenoxy) is 3. The van der Waals surface area contributed by atoms with E-state index in [1.165, 1.54) is 6.92 Å². The van der Waals surface area contributed by atoms with Crippen LogP contribution in [0.15, 0.2) is 30.3 Å². The molecule has 0 spiro atoms. The first kappa shape index (κ1) is 14.0. The number of hydrogen-bond acceptors (Lipinski definition) is 5. The van der Waals surface area contributed by atoms with Crippen LogP contribution >= 0.6 is 0 Å². The first-order valence-electron chi connectivity index (χ1n) is 5.67. The van der Waals surface area contributed by atoms with Crippen molar-refractivity contribution in [2.75, 3.05) is 6.61 Å². The molecular weight excluding hydrogens is 236 g/mol. The molecule has 0 radical (unpaired) electrons. The van der Waals surface area contributed by atoms with E-state index in [-0.39, 0.29) is 13.2 Å². The van der Waals surface area contributed by atoms with Crippen LogP contribution in [-0.2, 0) is 25.6 Å². The Kier molecular flexibility index (Phi) is 5.70. The number of esters is 1. The molecule has 1 rings (SSSR count). The van der Waals surface area contributed by atoms with Crippen molar-refractivity contribution in [2.24, 2.45) is 0 Å². The van der Waals surface area contributed by atoms with Crippen molar-refractivity contribution < 1.29 is 23.8 Å². The summed E-state index contributed by atoms with van der Waals surface area (Å²) in [7, 11) is 0. The second-order valence-electron chi connectivity index (χ2n) is 3.54. The van der Waals surface area contributed by atoms with E-state index in [1.807, 2.05) is 30.3 Å². The number of hydrogen-bond donors (Lipinski definition) is 0. The molecule has 1 aromatic rings. The Morgan fingerprint density at radius 3 is 2.44 bits per heavy atom. The van der Waals surface area contributed by atoms with Crippen molar-refractivity contribution >= 4 is 12.1 Å². The summed E-state index contributed by atoms with van der Waals surface area (Å²) in [6, 6.07) is 9.19. The Bertz CT molecular complexity index is 388. The zero-order valence-corrected chi connectivity index (χ0v) is 10.4. The molecule has 0 N–H and O–H groups in total. The molecule has 5 nitrogen and oxygen atoms in total. The minimum Gasteiger partial charge on any atom is -0.463 e. The highest BCUT2D eigenvalue weighted by atomic mass is 16.7. The number of benzene rings is 1. The topological polar surface area (TPSA) is 61.8 Å². The quantitative estimate of drug-likeness (QED) is 0.752. The minimum absolute atomic E-state index is 0.106. The number of rotatable bonds is 5. The summed E-state index contributed by atoms with van der Waals surface area (Å²) in [4.78, 5) is 22.5. The van der Waals surface area contributed by atoms with Gasteiger partial charge in [0, 0.05) is 0 Å². The fraction of sp³-hybridized carbons (Fsp3) is 0.385. The Morgan fingerprint density at radius 1 is 1.17 bits per heavy atom. The van der Waals surface area contributed by atoms with Crippen molar-refractivity contribution in [3.63, 3.8) is 0 Å². The van der Waals surface area contributed by atoms with Gasteiger partial charge in [0.2, 0.25) is 0 Å². The molecule has 1 atom stereocenters. The highest BCUT2D eigenvalue weighted by Gasteiger charge is 2.19. The fourth-order valence-corrected chi connectivity index (χ4v) is 1.20. The Morgan fingerprint density at radius 2 is 1.83 bits per heavy atom. The summed E-state index contributed by atoms with van der Waals surface area (Å²) < 4.78 is 14.3. The third-order valence-electron chi connectivity index (χ3n) is 2.09. The lowest BCUT2D eigenvalue weighted by Crippen LogP contribution is -2.26. The van der Waals surface area contributed by atoms with Crippen LogP contribution in [-0.4, -0.2) is 24.8 Å². The molecule has 0 aromatic heterocycles. The maximum Gasteiger partial charge on any atom is 0.509 e. The van der Waals surface area contributed by atoms with Gasteiger partial charge in [0.25, 0.3) is 0 Å². The predicted octanol–water partition coefficient (Wildman–Crippen LogP) is 2.29. The largest absolute Gasteiger partial charge is 0.509 e. The standard InChI is InChI=1S/C13H16O5/c1-3-16-12(14)10(2)18-13(15)17-9-11-7-5-4-6-8-11/h4-8,10H,3,9H2,1-2H3. The van der Waals surface area contributed by atoms with Gasteiger partial charge in [-0.05, 0) is 19.4 Å². The van der Waals surface area contributed by atoms with Crippen LogP contribution in [0.4, 0.5) is 4.79 Å². The van der Waals surface area contributed by atoms with Gasteiger partial charge in [-0.15, -0.1) is 0 Å². The van der Waals surface area contributed by atoms with E-state index in [2.05, 4.69) is 0 Å². The molecule has 5 heteroatoms. The summed E-state index contributed by atoms with van der Waals surface area (Å²) >= 11 is 0. The molecule has 0 amide bonds. The van der Waals surface area contributed by atoms with Crippen LogP contribution in [0.5, 0.6) is 0 Å². The van der Waals surface area contributed by atoms with Gasteiger partial charge in [-0.1, -0.05) is 30.3 Å². The zero-order valence-electron chi connectivity index (χ0n) is 10.4. The lowest BCUT2D eigenvalue weighted by atomic mass is 10.2. The molecule has 0 aliphatic rings. The molecule has 0 saturated heterocycles. The third kappa shape index (κ3) is 4.86. The smallest absolute Gasteiger partial charge is 0.463 e. The summed E-state index contributed by atoms with van der Waals surface area (Å²) in [5.41, 5.74) is 0.846. The van der Waals surface area contributed by atoms with E-state index >= 15 is 0 Å². The van der Waals surface area contributed by atoms with Gasteiger partial charge in [0.1, 0.15) is 6.61 Å². The van der Waals surface area contributed by atoms with Gasteiger partial charge in [0.15, 0.2) is 6.10 Å². The molecule has 1 unspecified atom stereocenters. The van der Waals surface area contributed by atoms with Crippen LogP contribution in [0.1, 0.15) is 19.4 Å². The van der Waals surface area contributed by atoms with E-state index in [0.29, 0.717) is 0 Å². The summed E-state index contributed by atoms with van der Waals surface area (Å²) in [5.74, 6) is -0.589. The summed E-state index contributed by atoms with van der Waals surface area (Å²) in [6.07, 6.45) is -1.85. The average molecular weight is 252 g/mol. The van der Waals surface area contributed by atoms with E-state index in [9.17, 15) is 9.59 Å². The van der Waals surface area contributed by atoms with Crippen molar-refractivity contribution in [1.82, 2.24) is 0 Å². The highest BCUT2D eigenvalue weighted by molar-refractivity contribution is 5.76. The first-order chi connectivity index (χ1) is 8.63. The molecule has 0 saturated carbocycles. The van der Waals surface area contributed by atoms with Gasteiger partial charge in [-0.2, -0.15) is 0 Å². The molecular formula is C13H16O5. The fourth-order valence-electron chi connectivity index (χ4n) is 1.20. The van der Waals surface area contributed by atoms with Crippen LogP contribution in [0.25, 0.3) is 0 Å². The molecule has 1 aromatic carbocycles. The van der Waals surface area contributed by atoms with Crippen molar-refractivity contribution in [1.29, 1.82) is 0 Å². The molecule has 0 aliphatic carbocycles. The van der Waals surface area contributed by atoms with E-state index in [1.54, 1.807) is 6.92 Å². The van der Waals surface area contributed by atoms with E-state index < -0.39 is 18.2 Å². The zero-order chi connectivity index (χ0) is 13.4. The van der Waals surface area contributed by atoms with Crippen molar-refractivity contribution in [3.05, 3.63) is 35.9 Å². The number of carbonyl (C=O) groups excluding carboxylic acids is 2.